The highest BCUT2D eigenvalue weighted by molar-refractivity contribution is 7.89. The van der Waals surface area contributed by atoms with Crippen LogP contribution in [0.3, 0.4) is 0 Å². The highest BCUT2D eigenvalue weighted by Gasteiger charge is 2.17. The van der Waals surface area contributed by atoms with Gasteiger partial charge >= 0.3 is 0 Å². The highest BCUT2D eigenvalue weighted by atomic mass is 32.2. The summed E-state index contributed by atoms with van der Waals surface area (Å²) in [7, 11) is -2.39. The van der Waals surface area contributed by atoms with Gasteiger partial charge in [-0.05, 0) is 36.6 Å². The summed E-state index contributed by atoms with van der Waals surface area (Å²) in [6.45, 7) is 6.07. The lowest BCUT2D eigenvalue weighted by Crippen LogP contribution is -2.36. The molecule has 0 spiro atoms. The van der Waals surface area contributed by atoms with Crippen molar-refractivity contribution in [3.05, 3.63) is 29.3 Å². The van der Waals surface area contributed by atoms with Crippen LogP contribution >= 0.6 is 0 Å². The van der Waals surface area contributed by atoms with E-state index in [4.69, 9.17) is 9.88 Å². The minimum absolute atomic E-state index is 0.0264. The van der Waals surface area contributed by atoms with Gasteiger partial charge in [0.05, 0.1) is 11.5 Å². The molecule has 1 aromatic carbocycles. The topological polar surface area (TPSA) is 98.5 Å². The molecule has 7 heteroatoms. The van der Waals surface area contributed by atoms with Gasteiger partial charge in [-0.25, -0.2) is 13.6 Å². The number of rotatable bonds is 6. The second-order valence-corrected chi connectivity index (χ2v) is 6.91. The molecular formula is C14H22N2O4S. The average molecular weight is 314 g/mol. The summed E-state index contributed by atoms with van der Waals surface area (Å²) in [5.74, 6) is -0.0622. The summed E-state index contributed by atoms with van der Waals surface area (Å²) in [5, 5.41) is 7.97. The first kappa shape index (κ1) is 17.6. The Balaban J connectivity index is 3.16. The molecule has 0 aliphatic rings. The zero-order valence-electron chi connectivity index (χ0n) is 12.7. The van der Waals surface area contributed by atoms with Gasteiger partial charge in [0.1, 0.15) is 0 Å². The van der Waals surface area contributed by atoms with Crippen molar-refractivity contribution in [1.29, 1.82) is 0 Å². The minimum Gasteiger partial charge on any atom is -0.380 e. The van der Waals surface area contributed by atoms with Crippen LogP contribution in [-0.2, 0) is 21.4 Å². The van der Waals surface area contributed by atoms with Crippen molar-refractivity contribution in [2.45, 2.75) is 38.3 Å². The van der Waals surface area contributed by atoms with Crippen LogP contribution in [0, 0.1) is 5.92 Å². The number of nitrogens with two attached hydrogens (primary N) is 1. The number of carbonyl (C=O) groups excluding carboxylic acids is 1. The van der Waals surface area contributed by atoms with Gasteiger partial charge in [-0.3, -0.25) is 4.79 Å². The maximum Gasteiger partial charge on any atom is 0.251 e. The van der Waals surface area contributed by atoms with Crippen LogP contribution in [0.4, 0.5) is 0 Å². The number of benzene rings is 1. The summed E-state index contributed by atoms with van der Waals surface area (Å²) in [4.78, 5) is 12.1. The fourth-order valence-corrected chi connectivity index (χ4v) is 2.27. The van der Waals surface area contributed by atoms with Crippen molar-refractivity contribution in [3.63, 3.8) is 0 Å². The van der Waals surface area contributed by atoms with Crippen LogP contribution in [0.2, 0.25) is 0 Å². The molecule has 21 heavy (non-hydrogen) atoms. The Labute approximate surface area is 125 Å². The van der Waals surface area contributed by atoms with E-state index >= 15 is 0 Å². The fourth-order valence-electron chi connectivity index (χ4n) is 1.66. The fraction of sp³-hybridized carbons (Fsp3) is 0.500. The van der Waals surface area contributed by atoms with E-state index in [1.807, 2.05) is 20.8 Å². The second-order valence-electron chi connectivity index (χ2n) is 5.35. The molecule has 0 aliphatic carbocycles. The number of carbonyl (C=O) groups is 1. The second kappa shape index (κ2) is 7.02. The van der Waals surface area contributed by atoms with E-state index in [2.05, 4.69) is 5.32 Å². The Morgan fingerprint density at radius 3 is 2.38 bits per heavy atom. The summed E-state index contributed by atoms with van der Waals surface area (Å²) >= 11 is 0. The predicted molar refractivity (Wildman–Crippen MR) is 80.3 cm³/mol. The number of sulfonamides is 1. The van der Waals surface area contributed by atoms with E-state index in [9.17, 15) is 13.2 Å². The molecule has 0 heterocycles. The van der Waals surface area contributed by atoms with Crippen molar-refractivity contribution < 1.29 is 17.9 Å². The molecule has 3 N–H and O–H groups in total. The van der Waals surface area contributed by atoms with Crippen molar-refractivity contribution in [2.24, 2.45) is 11.1 Å². The van der Waals surface area contributed by atoms with Gasteiger partial charge in [-0.1, -0.05) is 13.8 Å². The maximum absolute atomic E-state index is 12.2. The Hall–Kier alpha value is -1.44. The quantitative estimate of drug-likeness (QED) is 0.825. The number of amides is 1. The van der Waals surface area contributed by atoms with Gasteiger partial charge in [0.15, 0.2) is 0 Å². The van der Waals surface area contributed by atoms with Crippen molar-refractivity contribution >= 4 is 15.9 Å². The molecule has 1 rings (SSSR count). The molecule has 0 bridgehead atoms. The van der Waals surface area contributed by atoms with Crippen LogP contribution in [-0.4, -0.2) is 27.5 Å². The molecule has 0 fully saturated rings. The van der Waals surface area contributed by atoms with Crippen molar-refractivity contribution in [3.8, 4) is 0 Å². The van der Waals surface area contributed by atoms with Gasteiger partial charge in [0.25, 0.3) is 5.91 Å². The normalized spacial score (nSPS) is 13.2. The molecule has 0 aliphatic heterocycles. The Morgan fingerprint density at radius 1 is 1.29 bits per heavy atom. The number of ether oxygens (including phenoxy) is 1. The maximum atomic E-state index is 12.2. The zero-order valence-corrected chi connectivity index (χ0v) is 13.5. The number of nitrogens with one attached hydrogen (secondary N) is 1. The number of primary sulfonamides is 1. The third-order valence-electron chi connectivity index (χ3n) is 3.23. The first-order valence-electron chi connectivity index (χ1n) is 6.61. The third kappa shape index (κ3) is 5.11. The first-order valence-corrected chi connectivity index (χ1v) is 8.16. The van der Waals surface area contributed by atoms with Gasteiger partial charge in [0, 0.05) is 18.7 Å². The van der Waals surface area contributed by atoms with E-state index in [-0.39, 0.29) is 34.9 Å². The molecule has 0 saturated heterocycles. The summed E-state index contributed by atoms with van der Waals surface area (Å²) in [5.41, 5.74) is 0.826. The minimum atomic E-state index is -3.88. The predicted octanol–water partition coefficient (Wildman–Crippen LogP) is 1.25. The lowest BCUT2D eigenvalue weighted by Gasteiger charge is -2.18. The molecule has 0 aromatic heterocycles. The van der Waals surface area contributed by atoms with E-state index in [1.54, 1.807) is 6.07 Å². The first-order chi connectivity index (χ1) is 9.65. The van der Waals surface area contributed by atoms with Crippen LogP contribution < -0.4 is 10.5 Å². The standard InChI is InChI=1S/C14H22N2O4S/c1-9(2)10(3)16-14(17)12-5-11(8-20-4)6-13(7-12)21(15,18)19/h5-7,9-10H,8H2,1-4H3,(H,16,17)(H2,15,18,19). The number of methoxy groups -OCH3 is 1. The monoisotopic (exact) mass is 314 g/mol. The summed E-state index contributed by atoms with van der Waals surface area (Å²) in [6, 6.07) is 4.25. The summed E-state index contributed by atoms with van der Waals surface area (Å²) < 4.78 is 28.0. The molecule has 1 unspecified atom stereocenters. The average Bonchev–Trinajstić information content (AvgIpc) is 2.37. The van der Waals surface area contributed by atoms with E-state index in [1.165, 1.54) is 19.2 Å². The molecule has 1 amide bonds. The molecule has 1 atom stereocenters. The Morgan fingerprint density at radius 2 is 1.90 bits per heavy atom. The molecule has 6 nitrogen and oxygen atoms in total. The molecular weight excluding hydrogens is 292 g/mol. The van der Waals surface area contributed by atoms with Crippen molar-refractivity contribution in [2.75, 3.05) is 7.11 Å². The van der Waals surface area contributed by atoms with Gasteiger partial charge in [0.2, 0.25) is 10.0 Å². The van der Waals surface area contributed by atoms with Crippen LogP contribution in [0.1, 0.15) is 36.7 Å². The van der Waals surface area contributed by atoms with Crippen molar-refractivity contribution in [1.82, 2.24) is 5.32 Å². The lowest BCUT2D eigenvalue weighted by molar-refractivity contribution is 0.0930. The number of hydrogen-bond acceptors (Lipinski definition) is 4. The van der Waals surface area contributed by atoms with E-state index < -0.39 is 10.0 Å². The molecule has 1 aromatic rings. The van der Waals surface area contributed by atoms with Crippen LogP contribution in [0.5, 0.6) is 0 Å². The smallest absolute Gasteiger partial charge is 0.251 e. The van der Waals surface area contributed by atoms with Gasteiger partial charge in [-0.2, -0.15) is 0 Å². The Kier molecular flexibility index (Phi) is 5.88. The third-order valence-corrected chi connectivity index (χ3v) is 4.12. The molecule has 118 valence electrons. The van der Waals surface area contributed by atoms with E-state index in [0.29, 0.717) is 5.56 Å². The van der Waals surface area contributed by atoms with Gasteiger partial charge < -0.3 is 10.1 Å². The molecule has 0 radical (unpaired) electrons. The number of hydrogen-bond donors (Lipinski definition) is 2. The molecule has 0 saturated carbocycles. The largest absolute Gasteiger partial charge is 0.380 e. The SMILES string of the molecule is COCc1cc(C(=O)NC(C)C(C)C)cc(S(N)(=O)=O)c1. The Bertz CT molecular complexity index is 611. The van der Waals surface area contributed by atoms with E-state index in [0.717, 1.165) is 0 Å². The summed E-state index contributed by atoms with van der Waals surface area (Å²) in [6.07, 6.45) is 0. The van der Waals surface area contributed by atoms with Gasteiger partial charge in [-0.15, -0.1) is 0 Å². The zero-order chi connectivity index (χ0) is 16.2. The van der Waals surface area contributed by atoms with Crippen LogP contribution in [0.15, 0.2) is 23.1 Å². The lowest BCUT2D eigenvalue weighted by atomic mass is 10.1. The highest BCUT2D eigenvalue weighted by Crippen LogP contribution is 2.16. The van der Waals surface area contributed by atoms with Crippen LogP contribution in [0.25, 0.3) is 0 Å².